The molecule has 2 amide bonds. The first-order valence-corrected chi connectivity index (χ1v) is 7.29. The van der Waals surface area contributed by atoms with Gasteiger partial charge < -0.3 is 14.6 Å². The number of furan rings is 1. The van der Waals surface area contributed by atoms with Crippen molar-refractivity contribution in [3.05, 3.63) is 60.1 Å². The maximum Gasteiger partial charge on any atom is 0.243 e. The predicted molar refractivity (Wildman–Crippen MR) is 82.7 cm³/mol. The van der Waals surface area contributed by atoms with Gasteiger partial charge in [-0.05, 0) is 24.1 Å². The molecule has 0 saturated carbocycles. The molecule has 1 aromatic heterocycles. The van der Waals surface area contributed by atoms with Gasteiger partial charge in [-0.15, -0.1) is 0 Å². The minimum absolute atomic E-state index is 0.162. The molecule has 5 heteroatoms. The van der Waals surface area contributed by atoms with Crippen molar-refractivity contribution >= 4 is 12.3 Å². The van der Waals surface area contributed by atoms with Gasteiger partial charge >= 0.3 is 0 Å². The van der Waals surface area contributed by atoms with Crippen LogP contribution in [-0.4, -0.2) is 23.3 Å². The van der Waals surface area contributed by atoms with Crippen molar-refractivity contribution in [2.45, 2.75) is 32.5 Å². The second kappa shape index (κ2) is 8.02. The summed E-state index contributed by atoms with van der Waals surface area (Å²) in [6.07, 6.45) is 2.79. The number of amides is 2. The number of hydrogen-bond acceptors (Lipinski definition) is 3. The summed E-state index contributed by atoms with van der Waals surface area (Å²) in [5.41, 5.74) is 1.02. The zero-order valence-corrected chi connectivity index (χ0v) is 12.6. The zero-order valence-electron chi connectivity index (χ0n) is 12.6. The third kappa shape index (κ3) is 4.22. The topological polar surface area (TPSA) is 62.6 Å². The lowest BCUT2D eigenvalue weighted by Gasteiger charge is -2.25. The van der Waals surface area contributed by atoms with Crippen molar-refractivity contribution in [1.29, 1.82) is 0 Å². The monoisotopic (exact) mass is 300 g/mol. The molecule has 5 nitrogen and oxygen atoms in total. The van der Waals surface area contributed by atoms with Crippen molar-refractivity contribution in [2.24, 2.45) is 0 Å². The lowest BCUT2D eigenvalue weighted by atomic mass is 10.1. The van der Waals surface area contributed by atoms with Gasteiger partial charge in [0.25, 0.3) is 0 Å². The van der Waals surface area contributed by atoms with Crippen LogP contribution >= 0.6 is 0 Å². The molecule has 1 aromatic carbocycles. The Kier molecular flexibility index (Phi) is 5.77. The van der Waals surface area contributed by atoms with Crippen LogP contribution in [0.4, 0.5) is 0 Å². The summed E-state index contributed by atoms with van der Waals surface area (Å²) in [6, 6.07) is 12.7. The summed E-state index contributed by atoms with van der Waals surface area (Å²) >= 11 is 0. The van der Waals surface area contributed by atoms with Crippen LogP contribution in [0.3, 0.4) is 0 Å². The Morgan fingerprint density at radius 1 is 1.27 bits per heavy atom. The van der Waals surface area contributed by atoms with E-state index in [9.17, 15) is 9.59 Å². The van der Waals surface area contributed by atoms with E-state index in [2.05, 4.69) is 5.32 Å². The highest BCUT2D eigenvalue weighted by molar-refractivity contribution is 5.83. The second-order valence-electron chi connectivity index (χ2n) is 4.98. The summed E-state index contributed by atoms with van der Waals surface area (Å²) in [5.74, 6) is 0.492. The number of nitrogens with zero attached hydrogens (tertiary/aromatic N) is 1. The van der Waals surface area contributed by atoms with Crippen molar-refractivity contribution in [1.82, 2.24) is 10.2 Å². The average Bonchev–Trinajstić information content (AvgIpc) is 3.06. The third-order valence-electron chi connectivity index (χ3n) is 3.45. The van der Waals surface area contributed by atoms with Gasteiger partial charge in [0.1, 0.15) is 11.8 Å². The number of carbonyl (C=O) groups is 2. The Balaban J connectivity index is 1.96. The fourth-order valence-electron chi connectivity index (χ4n) is 2.28. The van der Waals surface area contributed by atoms with Crippen LogP contribution in [0.25, 0.3) is 0 Å². The van der Waals surface area contributed by atoms with E-state index in [1.54, 1.807) is 18.4 Å². The molecule has 1 unspecified atom stereocenters. The van der Waals surface area contributed by atoms with Crippen molar-refractivity contribution < 1.29 is 14.0 Å². The normalized spacial score (nSPS) is 11.7. The summed E-state index contributed by atoms with van der Waals surface area (Å²) in [7, 11) is 0. The van der Waals surface area contributed by atoms with Crippen LogP contribution in [-0.2, 0) is 22.7 Å². The molecule has 0 bridgehead atoms. The number of rotatable bonds is 8. The Morgan fingerprint density at radius 2 is 2.05 bits per heavy atom. The molecule has 0 aliphatic rings. The predicted octanol–water partition coefficient (Wildman–Crippen LogP) is 2.33. The fraction of sp³-hybridized carbons (Fsp3) is 0.294. The van der Waals surface area contributed by atoms with Crippen molar-refractivity contribution in [2.75, 3.05) is 0 Å². The highest BCUT2D eigenvalue weighted by atomic mass is 16.3. The molecule has 1 heterocycles. The van der Waals surface area contributed by atoms with Crippen molar-refractivity contribution in [3.8, 4) is 0 Å². The third-order valence-corrected chi connectivity index (χ3v) is 3.45. The lowest BCUT2D eigenvalue weighted by molar-refractivity contribution is -0.133. The van der Waals surface area contributed by atoms with E-state index in [4.69, 9.17) is 4.42 Å². The number of nitrogens with one attached hydrogen (secondary N) is 1. The maximum atomic E-state index is 12.3. The lowest BCUT2D eigenvalue weighted by Crippen LogP contribution is -2.45. The maximum absolute atomic E-state index is 12.3. The first-order valence-electron chi connectivity index (χ1n) is 7.29. The van der Waals surface area contributed by atoms with E-state index in [-0.39, 0.29) is 12.5 Å². The van der Waals surface area contributed by atoms with E-state index in [1.807, 2.05) is 37.3 Å². The zero-order chi connectivity index (χ0) is 15.8. The molecular formula is C17H20N2O3. The van der Waals surface area contributed by atoms with Crippen LogP contribution < -0.4 is 5.32 Å². The number of hydrogen-bond donors (Lipinski definition) is 1. The molecule has 0 spiro atoms. The molecule has 0 saturated heterocycles. The second-order valence-corrected chi connectivity index (χ2v) is 4.98. The number of benzene rings is 1. The Bertz CT molecular complexity index is 581. The van der Waals surface area contributed by atoms with Gasteiger partial charge in [0.2, 0.25) is 12.3 Å². The van der Waals surface area contributed by atoms with Crippen LogP contribution in [0.15, 0.2) is 53.1 Å². The minimum Gasteiger partial charge on any atom is -0.467 e. The first kappa shape index (κ1) is 15.8. The SMILES string of the molecule is CCC(C(=O)NCc1ccccc1)N(C=O)Cc1ccco1. The Labute approximate surface area is 129 Å². The van der Waals surface area contributed by atoms with Crippen LogP contribution in [0.5, 0.6) is 0 Å². The quantitative estimate of drug-likeness (QED) is 0.761. The molecule has 2 rings (SSSR count). The molecule has 116 valence electrons. The van der Waals surface area contributed by atoms with Gasteiger partial charge in [-0.3, -0.25) is 9.59 Å². The molecule has 0 fully saturated rings. The van der Waals surface area contributed by atoms with E-state index in [0.717, 1.165) is 5.56 Å². The summed E-state index contributed by atoms with van der Waals surface area (Å²) < 4.78 is 5.24. The molecule has 2 aromatic rings. The van der Waals surface area contributed by atoms with Gasteiger partial charge in [0.15, 0.2) is 0 Å². The van der Waals surface area contributed by atoms with E-state index >= 15 is 0 Å². The highest BCUT2D eigenvalue weighted by Gasteiger charge is 2.23. The molecule has 1 N–H and O–H groups in total. The molecular weight excluding hydrogens is 280 g/mol. The molecule has 0 aliphatic carbocycles. The largest absolute Gasteiger partial charge is 0.467 e. The highest BCUT2D eigenvalue weighted by Crippen LogP contribution is 2.10. The van der Waals surface area contributed by atoms with E-state index < -0.39 is 6.04 Å². The molecule has 1 atom stereocenters. The molecule has 0 aliphatic heterocycles. The summed E-state index contributed by atoms with van der Waals surface area (Å²) in [4.78, 5) is 25.1. The van der Waals surface area contributed by atoms with Crippen LogP contribution in [0, 0.1) is 0 Å². The minimum atomic E-state index is -0.508. The molecule has 22 heavy (non-hydrogen) atoms. The Hall–Kier alpha value is -2.56. The summed E-state index contributed by atoms with van der Waals surface area (Å²) in [6.45, 7) is 2.61. The average molecular weight is 300 g/mol. The molecule has 0 radical (unpaired) electrons. The Morgan fingerprint density at radius 3 is 2.64 bits per heavy atom. The van der Waals surface area contributed by atoms with Gasteiger partial charge in [0.05, 0.1) is 12.8 Å². The first-order chi connectivity index (χ1) is 10.7. The van der Waals surface area contributed by atoms with E-state index in [0.29, 0.717) is 25.1 Å². The van der Waals surface area contributed by atoms with Gasteiger partial charge in [-0.2, -0.15) is 0 Å². The van der Waals surface area contributed by atoms with Crippen molar-refractivity contribution in [3.63, 3.8) is 0 Å². The van der Waals surface area contributed by atoms with Crippen LogP contribution in [0.2, 0.25) is 0 Å². The van der Waals surface area contributed by atoms with E-state index in [1.165, 1.54) is 4.90 Å². The smallest absolute Gasteiger partial charge is 0.243 e. The van der Waals surface area contributed by atoms with Gasteiger partial charge in [0, 0.05) is 6.54 Å². The van der Waals surface area contributed by atoms with Crippen LogP contribution in [0.1, 0.15) is 24.7 Å². The number of carbonyl (C=O) groups excluding carboxylic acids is 2. The standard InChI is InChI=1S/C17H20N2O3/c1-2-16(19(13-20)12-15-9-6-10-22-15)17(21)18-11-14-7-4-3-5-8-14/h3-10,13,16H,2,11-12H2,1H3,(H,18,21). The summed E-state index contributed by atoms with van der Waals surface area (Å²) in [5, 5.41) is 2.87. The van der Waals surface area contributed by atoms with Gasteiger partial charge in [-0.25, -0.2) is 0 Å². The fourth-order valence-corrected chi connectivity index (χ4v) is 2.28. The van der Waals surface area contributed by atoms with Gasteiger partial charge in [-0.1, -0.05) is 37.3 Å².